The van der Waals surface area contributed by atoms with Gasteiger partial charge in [-0.25, -0.2) is 0 Å². The number of hydrogen-bond acceptors (Lipinski definition) is 4. The van der Waals surface area contributed by atoms with Crippen LogP contribution in [0.25, 0.3) is 0 Å². The first-order valence-corrected chi connectivity index (χ1v) is 5.95. The molecule has 6 nitrogen and oxygen atoms in total. The summed E-state index contributed by atoms with van der Waals surface area (Å²) in [5, 5.41) is 9.07. The number of aromatic nitrogens is 1. The molecule has 0 aliphatic rings. The number of nitrogens with zero attached hydrogens (tertiary/aromatic N) is 1. The van der Waals surface area contributed by atoms with Gasteiger partial charge in [0.25, 0.3) is 0 Å². The van der Waals surface area contributed by atoms with Crippen LogP contribution in [0.4, 0.5) is 19.0 Å². The molecule has 1 radical (unpaired) electrons. The molecular weight excluding hydrogens is 417 g/mol. The number of anilines is 1. The van der Waals surface area contributed by atoms with Crippen molar-refractivity contribution in [2.24, 2.45) is 0 Å². The molecule has 1 aromatic heterocycles. The van der Waals surface area contributed by atoms with E-state index in [9.17, 15) is 18.0 Å². The number of carboxylic acid groups (broad SMARTS) is 1. The van der Waals surface area contributed by atoms with Gasteiger partial charge in [-0.05, 0) is 13.0 Å². The van der Waals surface area contributed by atoms with Gasteiger partial charge in [-0.2, -0.15) is 18.2 Å². The van der Waals surface area contributed by atoms with Gasteiger partial charge in [0.15, 0.2) is 11.8 Å². The Balaban J connectivity index is 0. The van der Waals surface area contributed by atoms with Crippen LogP contribution in [0.1, 0.15) is 12.5 Å². The van der Waals surface area contributed by atoms with Crippen LogP contribution in [0, 0.1) is 13.8 Å². The topological polar surface area (TPSA) is 88.5 Å². The Kier molecular flexibility index (Phi) is 11.1. The van der Waals surface area contributed by atoms with Crippen molar-refractivity contribution in [1.82, 2.24) is 4.98 Å². The van der Waals surface area contributed by atoms with Crippen LogP contribution in [-0.4, -0.2) is 28.6 Å². The zero-order chi connectivity index (χ0) is 17.5. The molecule has 11 heteroatoms. The van der Waals surface area contributed by atoms with Gasteiger partial charge in [0.05, 0.1) is 17.5 Å². The Bertz CT molecular complexity index is 552. The number of hydrogen-bond donors (Lipinski definition) is 2. The van der Waals surface area contributed by atoms with E-state index in [1.54, 1.807) is 0 Å². The number of alkyl halides is 3. The van der Waals surface area contributed by atoms with E-state index < -0.39 is 29.5 Å². The van der Waals surface area contributed by atoms with Crippen LogP contribution < -0.4 is 10.1 Å². The van der Waals surface area contributed by atoms with Crippen molar-refractivity contribution in [3.05, 3.63) is 30.5 Å². The Labute approximate surface area is 160 Å². The molecule has 127 valence electrons. The fourth-order valence-corrected chi connectivity index (χ4v) is 1.34. The van der Waals surface area contributed by atoms with E-state index in [1.807, 2.05) is 0 Å². The summed E-state index contributed by atoms with van der Waals surface area (Å²) < 4.78 is 42.8. The maximum absolute atomic E-state index is 12.7. The zero-order valence-electron chi connectivity index (χ0n) is 11.9. The summed E-state index contributed by atoms with van der Waals surface area (Å²) in [6.45, 7) is 7.07. The second kappa shape index (κ2) is 10.6. The van der Waals surface area contributed by atoms with Crippen molar-refractivity contribution in [2.45, 2.75) is 13.1 Å². The van der Waals surface area contributed by atoms with Gasteiger partial charge in [0.2, 0.25) is 5.88 Å². The SMILES string of the molecule is [CH2-]C(=O)Nc1nc(OCC)c(C(F)(F)F)cc1Cl.[CH2-]C(=O)O.[Y]. The molecule has 2 N–H and O–H groups in total. The van der Waals surface area contributed by atoms with Gasteiger partial charge >= 0.3 is 6.18 Å². The summed E-state index contributed by atoms with van der Waals surface area (Å²) in [5.41, 5.74) is -1.10. The van der Waals surface area contributed by atoms with Crippen molar-refractivity contribution in [3.8, 4) is 5.88 Å². The molecule has 1 amide bonds. The van der Waals surface area contributed by atoms with Crippen molar-refractivity contribution in [1.29, 1.82) is 0 Å². The molecule has 1 aromatic rings. The summed E-state index contributed by atoms with van der Waals surface area (Å²) in [5.74, 6) is -2.70. The number of carbonyl (C=O) groups excluding carboxylic acids is 1. The van der Waals surface area contributed by atoms with Gasteiger partial charge in [0.1, 0.15) is 5.56 Å². The molecule has 23 heavy (non-hydrogen) atoms. The molecule has 0 atom stereocenters. The standard InChI is InChI=1S/C10H9ClF3N2O2.C2H3O2.Y/c1-3-18-9-6(10(12,13)14)4-7(11)8(16-9)15-5(2)17;1-2(3)4;/h4H,2-3H2,1H3,(H,15,16,17);1H2,(H,3,4);/q2*-1;. The average molecular weight is 430 g/mol. The molecule has 0 unspecified atom stereocenters. The summed E-state index contributed by atoms with van der Waals surface area (Å²) in [7, 11) is 0. The number of carbonyl (C=O) groups is 2. The largest absolute Gasteiger partial charge is 0.503 e. The van der Waals surface area contributed by atoms with E-state index in [-0.39, 0.29) is 50.2 Å². The Morgan fingerprint density at radius 2 is 1.91 bits per heavy atom. The van der Waals surface area contributed by atoms with Crippen LogP contribution in [0.3, 0.4) is 0 Å². The smallest absolute Gasteiger partial charge is 0.421 e. The second-order valence-electron chi connectivity index (χ2n) is 3.54. The van der Waals surface area contributed by atoms with Crippen molar-refractivity contribution in [3.63, 3.8) is 0 Å². The summed E-state index contributed by atoms with van der Waals surface area (Å²) in [6.07, 6.45) is -4.64. The Hall–Kier alpha value is -1.19. The van der Waals surface area contributed by atoms with Crippen LogP contribution in [0.5, 0.6) is 5.88 Å². The third-order valence-corrected chi connectivity index (χ3v) is 2.07. The first-order chi connectivity index (χ1) is 9.98. The van der Waals surface area contributed by atoms with Gasteiger partial charge in [0, 0.05) is 32.7 Å². The van der Waals surface area contributed by atoms with E-state index in [1.165, 1.54) is 6.92 Å². The van der Waals surface area contributed by atoms with Gasteiger partial charge < -0.3 is 26.9 Å². The molecule has 0 saturated carbocycles. The number of rotatable bonds is 3. The van der Waals surface area contributed by atoms with Gasteiger partial charge in [-0.15, -0.1) is 0 Å². The molecule has 0 aliphatic carbocycles. The molecule has 1 rings (SSSR count). The average Bonchev–Trinajstić information content (AvgIpc) is 2.30. The van der Waals surface area contributed by atoms with Crippen LogP contribution >= 0.6 is 11.6 Å². The number of nitrogens with one attached hydrogen (secondary N) is 1. The minimum atomic E-state index is -4.64. The number of aliphatic carboxylic acids is 1. The zero-order valence-corrected chi connectivity index (χ0v) is 15.5. The number of amides is 1. The fraction of sp³-hybridized carbons (Fsp3) is 0.250. The third kappa shape index (κ3) is 9.52. The van der Waals surface area contributed by atoms with Gasteiger partial charge in [-0.1, -0.05) is 11.6 Å². The Morgan fingerprint density at radius 1 is 1.43 bits per heavy atom. The molecule has 0 bridgehead atoms. The molecule has 0 fully saturated rings. The van der Waals surface area contributed by atoms with Crippen molar-refractivity contribution < 1.29 is 65.3 Å². The molecule has 0 saturated heterocycles. The van der Waals surface area contributed by atoms with Crippen LogP contribution in [-0.2, 0) is 48.5 Å². The molecule has 0 aliphatic heterocycles. The van der Waals surface area contributed by atoms with Crippen LogP contribution in [0.2, 0.25) is 5.02 Å². The van der Waals surface area contributed by atoms with E-state index in [4.69, 9.17) is 26.2 Å². The molecule has 1 heterocycles. The predicted molar refractivity (Wildman–Crippen MR) is 72.4 cm³/mol. The number of pyridine rings is 1. The fourth-order valence-electron chi connectivity index (χ4n) is 1.14. The molecule has 0 aromatic carbocycles. The minimum absolute atomic E-state index is 0. The first-order valence-electron chi connectivity index (χ1n) is 5.57. The first kappa shape index (κ1) is 24.1. The maximum Gasteiger partial charge on any atom is 0.421 e. The molecule has 0 spiro atoms. The Morgan fingerprint density at radius 3 is 2.26 bits per heavy atom. The number of halogens is 4. The van der Waals surface area contributed by atoms with Crippen molar-refractivity contribution in [2.75, 3.05) is 11.9 Å². The van der Waals surface area contributed by atoms with Gasteiger partial charge in [-0.3, -0.25) is 11.7 Å². The summed E-state index contributed by atoms with van der Waals surface area (Å²) >= 11 is 5.59. The normalized spacial score (nSPS) is 9.78. The van der Waals surface area contributed by atoms with E-state index in [0.717, 1.165) is 0 Å². The van der Waals surface area contributed by atoms with E-state index in [2.05, 4.69) is 24.1 Å². The second-order valence-corrected chi connectivity index (χ2v) is 3.95. The summed E-state index contributed by atoms with van der Waals surface area (Å²) in [6, 6.07) is 0.644. The predicted octanol–water partition coefficient (Wildman–Crippen LogP) is 2.83. The van der Waals surface area contributed by atoms with Crippen molar-refractivity contribution >= 4 is 29.3 Å². The van der Waals surface area contributed by atoms with E-state index >= 15 is 0 Å². The minimum Gasteiger partial charge on any atom is -0.503 e. The number of carboxylic acids is 1. The third-order valence-electron chi connectivity index (χ3n) is 1.79. The van der Waals surface area contributed by atoms with Crippen LogP contribution in [0.15, 0.2) is 6.07 Å². The number of ether oxygens (including phenoxy) is 1. The van der Waals surface area contributed by atoms with E-state index in [0.29, 0.717) is 6.07 Å². The molecular formula is C12H12ClF3N2O4Y-2. The summed E-state index contributed by atoms with van der Waals surface area (Å²) in [4.78, 5) is 23.1. The maximum atomic E-state index is 12.7. The monoisotopic (exact) mass is 429 g/mol. The quantitative estimate of drug-likeness (QED) is 0.722.